The number of rotatable bonds is 6. The summed E-state index contributed by atoms with van der Waals surface area (Å²) in [5, 5.41) is 1.74. The summed E-state index contributed by atoms with van der Waals surface area (Å²) < 4.78 is 7.27. The highest BCUT2D eigenvalue weighted by molar-refractivity contribution is 7.99. The van der Waals surface area contributed by atoms with Gasteiger partial charge in [-0.15, -0.1) is 0 Å². The minimum absolute atomic E-state index is 0.113. The molecule has 5 aromatic rings. The van der Waals surface area contributed by atoms with Crippen LogP contribution in [0.25, 0.3) is 27.6 Å². The second-order valence-electron chi connectivity index (χ2n) is 7.53. The van der Waals surface area contributed by atoms with E-state index in [4.69, 9.17) is 9.72 Å². The van der Waals surface area contributed by atoms with Crippen LogP contribution in [0, 0.1) is 0 Å². The summed E-state index contributed by atoms with van der Waals surface area (Å²) >= 11 is 1.58. The molecule has 0 saturated carbocycles. The van der Waals surface area contributed by atoms with Gasteiger partial charge in [-0.3, -0.25) is 9.36 Å². The molecule has 6 heteroatoms. The molecule has 0 radical (unpaired) electrons. The maximum Gasteiger partial charge on any atom is 0.283 e. The van der Waals surface area contributed by atoms with Crippen molar-refractivity contribution in [3.8, 4) is 11.4 Å². The number of thioether (sulfide) groups is 1. The Kier molecular flexibility index (Phi) is 5.45. The topological polar surface area (TPSA) is 59.9 Å². The molecule has 0 bridgehead atoms. The molecule has 0 aliphatic heterocycles. The zero-order valence-electron chi connectivity index (χ0n) is 17.9. The highest BCUT2D eigenvalue weighted by atomic mass is 32.2. The normalized spacial score (nSPS) is 12.3. The number of nitrogens with one attached hydrogen (secondary N) is 1. The Bertz CT molecular complexity index is 1440. The third kappa shape index (κ3) is 3.67. The number of aromatic amines is 1. The van der Waals surface area contributed by atoms with Gasteiger partial charge in [-0.05, 0) is 49.7 Å². The van der Waals surface area contributed by atoms with Crippen molar-refractivity contribution in [2.24, 2.45) is 0 Å². The highest BCUT2D eigenvalue weighted by Gasteiger charge is 2.19. The standard InChI is InChI=1S/C26H23N3O2S/c1-3-31-20-15-13-19(14-16-20)29-25(30)24-23(21-11-7-8-12-22(21)27-24)28-26(29)32-17(2)18-9-5-4-6-10-18/h4-17,27H,3H2,1-2H3/t17-/m0/s1. The summed E-state index contributed by atoms with van der Waals surface area (Å²) in [6.45, 7) is 4.68. The number of fused-ring (bicyclic) bond motifs is 3. The van der Waals surface area contributed by atoms with Crippen LogP contribution in [-0.4, -0.2) is 21.1 Å². The van der Waals surface area contributed by atoms with Crippen molar-refractivity contribution in [2.45, 2.75) is 24.3 Å². The van der Waals surface area contributed by atoms with Crippen LogP contribution in [0.4, 0.5) is 0 Å². The summed E-state index contributed by atoms with van der Waals surface area (Å²) in [5.74, 6) is 0.774. The Labute approximate surface area is 190 Å². The van der Waals surface area contributed by atoms with Crippen LogP contribution in [0.1, 0.15) is 24.7 Å². The maximum absolute atomic E-state index is 13.7. The Morgan fingerprint density at radius 1 is 1.00 bits per heavy atom. The Balaban J connectivity index is 1.70. The lowest BCUT2D eigenvalue weighted by molar-refractivity contribution is 0.340. The zero-order valence-corrected chi connectivity index (χ0v) is 18.7. The van der Waals surface area contributed by atoms with E-state index in [1.165, 1.54) is 5.56 Å². The molecule has 160 valence electrons. The van der Waals surface area contributed by atoms with E-state index in [0.717, 1.165) is 22.3 Å². The van der Waals surface area contributed by atoms with Gasteiger partial charge < -0.3 is 9.72 Å². The third-order valence-corrected chi connectivity index (χ3v) is 6.56. The van der Waals surface area contributed by atoms with Gasteiger partial charge in [-0.25, -0.2) is 4.98 Å². The van der Waals surface area contributed by atoms with Gasteiger partial charge in [0.2, 0.25) is 0 Å². The largest absolute Gasteiger partial charge is 0.494 e. The summed E-state index contributed by atoms with van der Waals surface area (Å²) in [6.07, 6.45) is 0. The summed E-state index contributed by atoms with van der Waals surface area (Å²) in [7, 11) is 0. The molecule has 1 atom stereocenters. The molecular weight excluding hydrogens is 418 g/mol. The predicted octanol–water partition coefficient (Wildman–Crippen LogP) is 6.12. The molecule has 2 heterocycles. The lowest BCUT2D eigenvalue weighted by Gasteiger charge is -2.16. The fourth-order valence-corrected chi connectivity index (χ4v) is 4.90. The molecule has 0 fully saturated rings. The van der Waals surface area contributed by atoms with Gasteiger partial charge in [0.1, 0.15) is 16.8 Å². The van der Waals surface area contributed by atoms with Crippen molar-refractivity contribution < 1.29 is 4.74 Å². The van der Waals surface area contributed by atoms with Gasteiger partial charge in [-0.1, -0.05) is 60.3 Å². The lowest BCUT2D eigenvalue weighted by Crippen LogP contribution is -2.22. The molecule has 0 aliphatic rings. The van der Waals surface area contributed by atoms with Crippen LogP contribution in [0.2, 0.25) is 0 Å². The van der Waals surface area contributed by atoms with Crippen molar-refractivity contribution in [2.75, 3.05) is 6.61 Å². The molecule has 0 amide bonds. The predicted molar refractivity (Wildman–Crippen MR) is 131 cm³/mol. The van der Waals surface area contributed by atoms with Gasteiger partial charge in [0.25, 0.3) is 5.56 Å². The van der Waals surface area contributed by atoms with Gasteiger partial charge in [0, 0.05) is 16.2 Å². The first-order valence-corrected chi connectivity index (χ1v) is 11.5. The van der Waals surface area contributed by atoms with Crippen molar-refractivity contribution >= 4 is 33.7 Å². The van der Waals surface area contributed by atoms with Gasteiger partial charge in [0.15, 0.2) is 5.16 Å². The second-order valence-corrected chi connectivity index (χ2v) is 8.83. The quantitative estimate of drug-likeness (QED) is 0.255. The average Bonchev–Trinajstić information content (AvgIpc) is 3.20. The SMILES string of the molecule is CCOc1ccc(-n2c(S[C@@H](C)c3ccccc3)nc3c([nH]c4ccccc43)c2=O)cc1. The van der Waals surface area contributed by atoms with E-state index in [0.29, 0.717) is 22.8 Å². The van der Waals surface area contributed by atoms with Crippen molar-refractivity contribution in [3.05, 3.63) is 94.8 Å². The number of hydrogen-bond donors (Lipinski definition) is 1. The van der Waals surface area contributed by atoms with Crippen LogP contribution in [0.15, 0.2) is 88.8 Å². The Hall–Kier alpha value is -3.51. The summed E-state index contributed by atoms with van der Waals surface area (Å²) in [5.41, 5.74) is 3.95. The Morgan fingerprint density at radius 3 is 2.47 bits per heavy atom. The van der Waals surface area contributed by atoms with Gasteiger partial charge in [-0.2, -0.15) is 0 Å². The van der Waals surface area contributed by atoms with Crippen LogP contribution in [0.3, 0.4) is 0 Å². The average molecular weight is 442 g/mol. The minimum Gasteiger partial charge on any atom is -0.494 e. The molecule has 1 N–H and O–H groups in total. The van der Waals surface area contributed by atoms with Crippen molar-refractivity contribution in [3.63, 3.8) is 0 Å². The summed E-state index contributed by atoms with van der Waals surface area (Å²) in [4.78, 5) is 22.0. The number of para-hydroxylation sites is 1. The molecule has 0 spiro atoms. The number of aromatic nitrogens is 3. The first-order chi connectivity index (χ1) is 15.7. The van der Waals surface area contributed by atoms with Gasteiger partial charge in [0.05, 0.1) is 12.3 Å². The monoisotopic (exact) mass is 441 g/mol. The third-order valence-electron chi connectivity index (χ3n) is 5.45. The van der Waals surface area contributed by atoms with E-state index in [1.54, 1.807) is 16.3 Å². The second kappa shape index (κ2) is 8.55. The fourth-order valence-electron chi connectivity index (χ4n) is 3.86. The van der Waals surface area contributed by atoms with E-state index in [-0.39, 0.29) is 10.8 Å². The highest BCUT2D eigenvalue weighted by Crippen LogP contribution is 2.35. The van der Waals surface area contributed by atoms with Crippen molar-refractivity contribution in [1.29, 1.82) is 0 Å². The lowest BCUT2D eigenvalue weighted by atomic mass is 10.2. The molecular formula is C26H23N3O2S. The number of nitrogens with zero attached hydrogens (tertiary/aromatic N) is 2. The van der Waals surface area contributed by atoms with Crippen LogP contribution < -0.4 is 10.3 Å². The molecule has 32 heavy (non-hydrogen) atoms. The number of hydrogen-bond acceptors (Lipinski definition) is 4. The number of ether oxygens (including phenoxy) is 1. The first kappa shape index (κ1) is 20.4. The maximum atomic E-state index is 13.7. The van der Waals surface area contributed by atoms with Crippen molar-refractivity contribution in [1.82, 2.24) is 14.5 Å². The van der Waals surface area contributed by atoms with Crippen LogP contribution in [-0.2, 0) is 0 Å². The van der Waals surface area contributed by atoms with E-state index in [9.17, 15) is 4.79 Å². The molecule has 2 aromatic heterocycles. The molecule has 0 unspecified atom stereocenters. The smallest absolute Gasteiger partial charge is 0.283 e. The van der Waals surface area contributed by atoms with E-state index >= 15 is 0 Å². The van der Waals surface area contributed by atoms with Gasteiger partial charge >= 0.3 is 0 Å². The Morgan fingerprint density at radius 2 is 1.72 bits per heavy atom. The van der Waals surface area contributed by atoms with Crippen LogP contribution >= 0.6 is 11.8 Å². The summed E-state index contributed by atoms with van der Waals surface area (Å²) in [6, 6.07) is 25.7. The fraction of sp³-hybridized carbons (Fsp3) is 0.154. The van der Waals surface area contributed by atoms with E-state index < -0.39 is 0 Å². The van der Waals surface area contributed by atoms with Crippen LogP contribution in [0.5, 0.6) is 5.75 Å². The molecule has 5 rings (SSSR count). The molecule has 3 aromatic carbocycles. The van der Waals surface area contributed by atoms with E-state index in [1.807, 2.05) is 73.7 Å². The molecule has 0 saturated heterocycles. The number of H-pyrrole nitrogens is 1. The first-order valence-electron chi connectivity index (χ1n) is 10.6. The zero-order chi connectivity index (χ0) is 22.1. The molecule has 5 nitrogen and oxygen atoms in total. The number of benzene rings is 3. The van der Waals surface area contributed by atoms with E-state index in [2.05, 4.69) is 24.0 Å². The molecule has 0 aliphatic carbocycles. The minimum atomic E-state index is -0.113.